The molecule has 0 unspecified atom stereocenters. The highest BCUT2D eigenvalue weighted by Gasteiger charge is 2.26. The highest BCUT2D eigenvalue weighted by Crippen LogP contribution is 2.33. The molecule has 0 radical (unpaired) electrons. The van der Waals surface area contributed by atoms with E-state index in [0.29, 0.717) is 28.0 Å². The summed E-state index contributed by atoms with van der Waals surface area (Å²) in [6.45, 7) is 4.04. The van der Waals surface area contributed by atoms with Crippen molar-refractivity contribution in [1.82, 2.24) is 20.1 Å². The normalized spacial score (nSPS) is 13.0. The summed E-state index contributed by atoms with van der Waals surface area (Å²) in [6, 6.07) is 10.2. The minimum Gasteiger partial charge on any atom is -0.454 e. The lowest BCUT2D eigenvalue weighted by Crippen LogP contribution is -2.33. The van der Waals surface area contributed by atoms with E-state index in [0.717, 1.165) is 0 Å². The number of non-ortho nitro benzene ring substituents is 1. The van der Waals surface area contributed by atoms with Crippen molar-refractivity contribution >= 4 is 29.1 Å². The van der Waals surface area contributed by atoms with Gasteiger partial charge in [-0.15, -0.1) is 10.2 Å². The second-order valence-corrected chi connectivity index (χ2v) is 9.12. The van der Waals surface area contributed by atoms with Crippen molar-refractivity contribution in [2.45, 2.75) is 25.0 Å². The summed E-state index contributed by atoms with van der Waals surface area (Å²) in [5.74, 6) is 1.13. The Bertz CT molecular complexity index is 1290. The third kappa shape index (κ3) is 5.27. The first-order valence-corrected chi connectivity index (χ1v) is 11.7. The summed E-state index contributed by atoms with van der Waals surface area (Å²) < 4.78 is 12.4. The molecule has 1 aliphatic rings. The number of benzene rings is 2. The zero-order valence-corrected chi connectivity index (χ0v) is 20.1. The Kier molecular flexibility index (Phi) is 7.01. The van der Waals surface area contributed by atoms with Crippen LogP contribution in [0.15, 0.2) is 47.6 Å². The number of hydrogen-bond donors (Lipinski definition) is 1. The van der Waals surface area contributed by atoms with Crippen LogP contribution in [0.2, 0.25) is 0 Å². The maximum Gasteiger partial charge on any atom is 0.270 e. The molecule has 12 heteroatoms. The van der Waals surface area contributed by atoms with E-state index in [2.05, 4.69) is 15.5 Å². The van der Waals surface area contributed by atoms with Crippen LogP contribution >= 0.6 is 11.8 Å². The first kappa shape index (κ1) is 24.2. The predicted octanol–water partition coefficient (Wildman–Crippen LogP) is 3.55. The number of nitrogens with zero attached hydrogens (tertiary/aromatic N) is 4. The van der Waals surface area contributed by atoms with E-state index in [1.807, 2.05) is 13.8 Å². The van der Waals surface area contributed by atoms with Gasteiger partial charge in [0.15, 0.2) is 28.3 Å². The molecule has 4 rings (SSSR count). The van der Waals surface area contributed by atoms with Crippen LogP contribution in [0.25, 0.3) is 0 Å². The third-order valence-electron chi connectivity index (χ3n) is 5.45. The van der Waals surface area contributed by atoms with Crippen LogP contribution in [0.1, 0.15) is 46.4 Å². The number of rotatable bonds is 9. The van der Waals surface area contributed by atoms with Crippen LogP contribution in [0, 0.1) is 16.0 Å². The van der Waals surface area contributed by atoms with E-state index in [-0.39, 0.29) is 41.4 Å². The number of thioether (sulfide) groups is 1. The average Bonchev–Trinajstić information content (AvgIpc) is 3.46. The molecule has 0 fully saturated rings. The van der Waals surface area contributed by atoms with Gasteiger partial charge < -0.3 is 19.4 Å². The fraction of sp³-hybridized carbons (Fsp3) is 0.304. The topological polar surface area (TPSA) is 138 Å². The zero-order chi connectivity index (χ0) is 25.1. The molecule has 0 bridgehead atoms. The molecule has 3 aromatic rings. The van der Waals surface area contributed by atoms with Gasteiger partial charge in [0.25, 0.3) is 11.6 Å². The fourth-order valence-electron chi connectivity index (χ4n) is 3.52. The Morgan fingerprint density at radius 1 is 1.14 bits per heavy atom. The van der Waals surface area contributed by atoms with Crippen LogP contribution in [0.5, 0.6) is 11.5 Å². The maximum atomic E-state index is 12.9. The highest BCUT2D eigenvalue weighted by atomic mass is 32.2. The van der Waals surface area contributed by atoms with E-state index >= 15 is 0 Å². The van der Waals surface area contributed by atoms with Gasteiger partial charge in [-0.05, 0) is 24.1 Å². The van der Waals surface area contributed by atoms with E-state index in [4.69, 9.17) is 9.47 Å². The highest BCUT2D eigenvalue weighted by molar-refractivity contribution is 7.99. The van der Waals surface area contributed by atoms with Gasteiger partial charge in [0, 0.05) is 30.3 Å². The molecule has 0 saturated carbocycles. The number of nitro benzene ring substituents is 1. The van der Waals surface area contributed by atoms with Gasteiger partial charge in [0.1, 0.15) is 0 Å². The van der Waals surface area contributed by atoms with Crippen molar-refractivity contribution in [2.75, 3.05) is 12.5 Å². The van der Waals surface area contributed by atoms with Crippen molar-refractivity contribution in [2.24, 2.45) is 13.0 Å². The quantitative estimate of drug-likeness (QED) is 0.203. The van der Waals surface area contributed by atoms with Crippen molar-refractivity contribution in [3.8, 4) is 11.5 Å². The predicted molar refractivity (Wildman–Crippen MR) is 127 cm³/mol. The SMILES string of the molecule is CC(C)[C@H](NC(=O)c1ccc2c(c1)OCO2)c1nnc(SCC(=O)c2cccc([N+](=O)[O-])c2)n1C. The third-order valence-corrected chi connectivity index (χ3v) is 6.47. The summed E-state index contributed by atoms with van der Waals surface area (Å²) >= 11 is 1.17. The van der Waals surface area contributed by atoms with Gasteiger partial charge in [-0.2, -0.15) is 0 Å². The lowest BCUT2D eigenvalue weighted by Gasteiger charge is -2.21. The Balaban J connectivity index is 1.45. The number of ketones is 1. The standard InChI is InChI=1S/C23H23N5O6S/c1-13(2)20(24-22(30)15-7-8-18-19(10-15)34-12-33-18)21-25-26-23(27(21)3)35-11-17(29)14-5-4-6-16(9-14)28(31)32/h4-10,13,20H,11-12H2,1-3H3,(H,24,30)/t20-/m0/s1. The molecule has 2 aromatic carbocycles. The van der Waals surface area contributed by atoms with Crippen LogP contribution in [0.4, 0.5) is 5.69 Å². The molecule has 0 aliphatic carbocycles. The molecular formula is C23H23N5O6S. The Morgan fingerprint density at radius 2 is 1.91 bits per heavy atom. The number of ether oxygens (including phenoxy) is 2. The molecule has 0 spiro atoms. The number of carbonyl (C=O) groups excluding carboxylic acids is 2. The van der Waals surface area contributed by atoms with Gasteiger partial charge in [0.2, 0.25) is 6.79 Å². The summed E-state index contributed by atoms with van der Waals surface area (Å²) in [5.41, 5.74) is 0.545. The van der Waals surface area contributed by atoms with Gasteiger partial charge in [-0.25, -0.2) is 0 Å². The number of hydrogen-bond acceptors (Lipinski definition) is 9. The molecule has 0 saturated heterocycles. The lowest BCUT2D eigenvalue weighted by atomic mass is 10.0. The van der Waals surface area contributed by atoms with Crippen molar-refractivity contribution < 1.29 is 24.0 Å². The Hall–Kier alpha value is -3.93. The van der Waals surface area contributed by atoms with Crippen molar-refractivity contribution in [1.29, 1.82) is 0 Å². The zero-order valence-electron chi connectivity index (χ0n) is 19.3. The largest absolute Gasteiger partial charge is 0.454 e. The molecule has 1 N–H and O–H groups in total. The summed E-state index contributed by atoms with van der Waals surface area (Å²) in [6.07, 6.45) is 0. The molecule has 1 atom stereocenters. The number of nitro groups is 1. The summed E-state index contributed by atoms with van der Waals surface area (Å²) in [5, 5.41) is 22.9. The van der Waals surface area contributed by atoms with Crippen LogP contribution in [-0.2, 0) is 7.05 Å². The molecule has 1 amide bonds. The van der Waals surface area contributed by atoms with E-state index < -0.39 is 11.0 Å². The number of aromatic nitrogens is 3. The number of nitrogens with one attached hydrogen (secondary N) is 1. The second-order valence-electron chi connectivity index (χ2n) is 8.18. The Labute approximate surface area is 205 Å². The van der Waals surface area contributed by atoms with E-state index in [1.54, 1.807) is 35.9 Å². The molecular weight excluding hydrogens is 474 g/mol. The number of carbonyl (C=O) groups is 2. The molecule has 182 valence electrons. The number of Topliss-reactive ketones (excluding diaryl/α,β-unsaturated/α-hetero) is 1. The monoisotopic (exact) mass is 497 g/mol. The minimum atomic E-state index is -0.539. The maximum absolute atomic E-state index is 12.9. The average molecular weight is 498 g/mol. The smallest absolute Gasteiger partial charge is 0.270 e. The summed E-state index contributed by atoms with van der Waals surface area (Å²) in [7, 11) is 1.76. The van der Waals surface area contributed by atoms with Crippen molar-refractivity contribution in [3.63, 3.8) is 0 Å². The first-order valence-electron chi connectivity index (χ1n) is 10.7. The van der Waals surface area contributed by atoms with Crippen LogP contribution in [0.3, 0.4) is 0 Å². The molecule has 11 nitrogen and oxygen atoms in total. The number of amides is 1. The Morgan fingerprint density at radius 3 is 2.66 bits per heavy atom. The van der Waals surface area contributed by atoms with Crippen molar-refractivity contribution in [3.05, 3.63) is 69.5 Å². The van der Waals surface area contributed by atoms with E-state index in [9.17, 15) is 19.7 Å². The van der Waals surface area contributed by atoms with Gasteiger partial charge in [-0.3, -0.25) is 19.7 Å². The fourth-order valence-corrected chi connectivity index (χ4v) is 4.33. The molecule has 1 aromatic heterocycles. The van der Waals surface area contributed by atoms with Gasteiger partial charge >= 0.3 is 0 Å². The summed E-state index contributed by atoms with van der Waals surface area (Å²) in [4.78, 5) is 35.9. The molecule has 35 heavy (non-hydrogen) atoms. The van der Waals surface area contributed by atoms with Crippen LogP contribution < -0.4 is 14.8 Å². The minimum absolute atomic E-state index is 0.000195. The van der Waals surface area contributed by atoms with E-state index in [1.165, 1.54) is 30.0 Å². The lowest BCUT2D eigenvalue weighted by molar-refractivity contribution is -0.384. The van der Waals surface area contributed by atoms with Gasteiger partial charge in [-0.1, -0.05) is 37.7 Å². The molecule has 2 heterocycles. The number of fused-ring (bicyclic) bond motifs is 1. The van der Waals surface area contributed by atoms with Gasteiger partial charge in [0.05, 0.1) is 16.7 Å². The first-order chi connectivity index (χ1) is 16.7. The van der Waals surface area contributed by atoms with Crippen LogP contribution in [-0.4, -0.2) is 43.9 Å². The molecule has 1 aliphatic heterocycles. The second kappa shape index (κ2) is 10.1.